The van der Waals surface area contributed by atoms with E-state index in [1.54, 1.807) is 0 Å². The van der Waals surface area contributed by atoms with Crippen LogP contribution in [-0.4, -0.2) is 207 Å². The largest absolute Gasteiger partial charge is 0.396 e. The molecule has 0 amide bonds. The van der Waals surface area contributed by atoms with Crippen LogP contribution in [0.4, 0.5) is 0 Å². The highest BCUT2D eigenvalue weighted by Crippen LogP contribution is 1.97. The lowest BCUT2D eigenvalue weighted by atomic mass is 10.4. The van der Waals surface area contributed by atoms with Crippen molar-refractivity contribution in [3.63, 3.8) is 0 Å². The number of hydrogen-bond acceptors (Lipinski definition) is 17. The molecule has 0 aromatic carbocycles. The van der Waals surface area contributed by atoms with Crippen LogP contribution in [0.15, 0.2) is 0 Å². The van der Waals surface area contributed by atoms with Gasteiger partial charge in [0.15, 0.2) is 0 Å². The van der Waals surface area contributed by atoms with E-state index in [-0.39, 0.29) is 78.8 Å². The molecule has 0 aliphatic rings. The molecule has 17 nitrogen and oxygen atoms in total. The maximum atomic E-state index is 9.17. The molecular formula is C29H66O17. The van der Waals surface area contributed by atoms with Crippen molar-refractivity contribution in [2.45, 2.75) is 70.7 Å². The number of hydrogen-bond donors (Lipinski definition) is 10. The summed E-state index contributed by atoms with van der Waals surface area (Å²) in [5.41, 5.74) is 0. The van der Waals surface area contributed by atoms with Crippen LogP contribution < -0.4 is 0 Å². The Morgan fingerprint density at radius 2 is 0.717 bits per heavy atom. The van der Waals surface area contributed by atoms with E-state index in [2.05, 4.69) is 0 Å². The van der Waals surface area contributed by atoms with Crippen molar-refractivity contribution in [1.29, 1.82) is 0 Å². The molecule has 0 aromatic heterocycles. The summed E-state index contributed by atoms with van der Waals surface area (Å²) in [7, 11) is 0. The lowest BCUT2D eigenvalue weighted by Gasteiger charge is -2.18. The Hall–Kier alpha value is -0.680. The lowest BCUT2D eigenvalue weighted by Crippen LogP contribution is -2.29. The minimum absolute atomic E-state index is 0.0275. The summed E-state index contributed by atoms with van der Waals surface area (Å²) < 4.78 is 35.3. The van der Waals surface area contributed by atoms with E-state index in [1.165, 1.54) is 0 Å². The van der Waals surface area contributed by atoms with E-state index in [0.717, 1.165) is 0 Å². The van der Waals surface area contributed by atoms with Crippen LogP contribution in [0.5, 0.6) is 0 Å². The summed E-state index contributed by atoms with van der Waals surface area (Å²) >= 11 is 0. The topological polar surface area (TPSA) is 267 Å². The monoisotopic (exact) mass is 686 g/mol. The first kappa shape index (κ1) is 52.1. The summed E-state index contributed by atoms with van der Waals surface area (Å²) in [6.07, 6.45) is -3.42. The Morgan fingerprint density at radius 1 is 0.391 bits per heavy atom. The van der Waals surface area contributed by atoms with Crippen molar-refractivity contribution in [3.8, 4) is 0 Å². The summed E-state index contributed by atoms with van der Waals surface area (Å²) in [5.74, 6) is 0. The second kappa shape index (κ2) is 44.3. The van der Waals surface area contributed by atoms with Crippen molar-refractivity contribution >= 4 is 0 Å². The first-order chi connectivity index (χ1) is 22.1. The van der Waals surface area contributed by atoms with Gasteiger partial charge in [-0.3, -0.25) is 0 Å². The standard InChI is InChI=1S/C11H24O6.C8H18O5.2C5H12O3/c1-2-17-11(8-15-5-3-4-12)9-16-7-10(14)6-13;1-2-12-5-8(11)6-13-4-7(10)3-9;2*1-2-8-4-5(7)3-6/h10-14H,2-9H2,1H3;7-11H,2-6H2,1H3;2*5-7H,2-4H2,1H3. The zero-order valence-corrected chi connectivity index (χ0v) is 28.2. The quantitative estimate of drug-likeness (QED) is 0.0361. The molecule has 284 valence electrons. The van der Waals surface area contributed by atoms with E-state index < -0.39 is 30.5 Å². The predicted octanol–water partition coefficient (Wildman–Crippen LogP) is -3.33. The predicted molar refractivity (Wildman–Crippen MR) is 167 cm³/mol. The minimum Gasteiger partial charge on any atom is -0.396 e. The van der Waals surface area contributed by atoms with Crippen molar-refractivity contribution in [3.05, 3.63) is 0 Å². The first-order valence-corrected chi connectivity index (χ1v) is 15.6. The fraction of sp³-hybridized carbons (Fsp3) is 1.00. The van der Waals surface area contributed by atoms with Gasteiger partial charge < -0.3 is 84.2 Å². The fourth-order valence-corrected chi connectivity index (χ4v) is 2.46. The molecule has 0 fully saturated rings. The molecule has 0 bridgehead atoms. The van der Waals surface area contributed by atoms with Gasteiger partial charge in [0.25, 0.3) is 0 Å². The molecule has 0 saturated heterocycles. The van der Waals surface area contributed by atoms with Crippen LogP contribution in [0.2, 0.25) is 0 Å². The van der Waals surface area contributed by atoms with Crippen LogP contribution in [0.1, 0.15) is 34.1 Å². The molecule has 0 radical (unpaired) electrons. The van der Waals surface area contributed by atoms with Gasteiger partial charge in [0, 0.05) is 39.6 Å². The molecule has 46 heavy (non-hydrogen) atoms. The van der Waals surface area contributed by atoms with Gasteiger partial charge in [0.2, 0.25) is 0 Å². The van der Waals surface area contributed by atoms with Crippen molar-refractivity contribution < 1.29 is 84.2 Å². The first-order valence-electron chi connectivity index (χ1n) is 15.6. The zero-order valence-electron chi connectivity index (χ0n) is 28.2. The summed E-state index contributed by atoms with van der Waals surface area (Å²) in [6.45, 7) is 10.8. The van der Waals surface area contributed by atoms with Gasteiger partial charge in [-0.15, -0.1) is 0 Å². The van der Waals surface area contributed by atoms with Gasteiger partial charge in [-0.05, 0) is 34.1 Å². The van der Waals surface area contributed by atoms with Crippen molar-refractivity contribution in [1.82, 2.24) is 0 Å². The molecule has 0 rings (SSSR count). The molecule has 0 saturated carbocycles. The highest BCUT2D eigenvalue weighted by atomic mass is 16.6. The number of aliphatic hydroxyl groups is 10. The lowest BCUT2D eigenvalue weighted by molar-refractivity contribution is -0.0743. The van der Waals surface area contributed by atoms with Gasteiger partial charge in [-0.1, -0.05) is 0 Å². The van der Waals surface area contributed by atoms with E-state index >= 15 is 0 Å². The maximum absolute atomic E-state index is 9.17. The van der Waals surface area contributed by atoms with E-state index in [0.29, 0.717) is 52.7 Å². The molecule has 10 N–H and O–H groups in total. The summed E-state index contributed by atoms with van der Waals surface area (Å²) in [4.78, 5) is 0. The molecular weight excluding hydrogens is 620 g/mol. The van der Waals surface area contributed by atoms with E-state index in [4.69, 9.17) is 79.1 Å². The Kier molecular flexibility index (Phi) is 50.2. The number of aliphatic hydroxyl groups excluding tert-OH is 10. The zero-order chi connectivity index (χ0) is 35.8. The Balaban J connectivity index is -0.000000270. The van der Waals surface area contributed by atoms with Crippen LogP contribution in [-0.2, 0) is 33.2 Å². The smallest absolute Gasteiger partial charge is 0.104 e. The van der Waals surface area contributed by atoms with Gasteiger partial charge >= 0.3 is 0 Å². The molecule has 17 heteroatoms. The van der Waals surface area contributed by atoms with Crippen LogP contribution in [0.3, 0.4) is 0 Å². The third-order valence-electron chi connectivity index (χ3n) is 4.77. The van der Waals surface area contributed by atoms with Gasteiger partial charge in [-0.2, -0.15) is 0 Å². The molecule has 0 aliphatic carbocycles. The Labute approximate surface area is 274 Å². The van der Waals surface area contributed by atoms with Crippen molar-refractivity contribution in [2.75, 3.05) is 119 Å². The average Bonchev–Trinajstić information content (AvgIpc) is 3.07. The second-order valence-corrected chi connectivity index (χ2v) is 9.28. The number of rotatable bonds is 28. The van der Waals surface area contributed by atoms with Gasteiger partial charge in [0.05, 0.1) is 79.3 Å². The van der Waals surface area contributed by atoms with Crippen LogP contribution in [0, 0.1) is 0 Å². The third kappa shape index (κ3) is 47.7. The van der Waals surface area contributed by atoms with E-state index in [1.807, 2.05) is 27.7 Å². The highest BCUT2D eigenvalue weighted by molar-refractivity contribution is 4.57. The third-order valence-corrected chi connectivity index (χ3v) is 4.77. The molecule has 0 spiro atoms. The number of ether oxygens (including phenoxy) is 7. The van der Waals surface area contributed by atoms with Gasteiger partial charge in [0.1, 0.15) is 36.6 Å². The summed E-state index contributed by atoms with van der Waals surface area (Å²) in [5, 5.41) is 86.4. The molecule has 6 unspecified atom stereocenters. The van der Waals surface area contributed by atoms with Crippen molar-refractivity contribution in [2.24, 2.45) is 0 Å². The Morgan fingerprint density at radius 3 is 1.07 bits per heavy atom. The molecule has 6 atom stereocenters. The minimum atomic E-state index is -0.876. The molecule has 0 aromatic rings. The second-order valence-electron chi connectivity index (χ2n) is 9.28. The normalized spacial score (nSPS) is 14.7. The average molecular weight is 687 g/mol. The molecule has 0 aliphatic heterocycles. The van der Waals surface area contributed by atoms with Crippen LogP contribution in [0.25, 0.3) is 0 Å². The fourth-order valence-electron chi connectivity index (χ4n) is 2.46. The maximum Gasteiger partial charge on any atom is 0.104 e. The molecule has 0 heterocycles. The van der Waals surface area contributed by atoms with Gasteiger partial charge in [-0.25, -0.2) is 0 Å². The highest BCUT2D eigenvalue weighted by Gasteiger charge is 2.11. The Bertz CT molecular complexity index is 510. The van der Waals surface area contributed by atoms with Crippen LogP contribution >= 0.6 is 0 Å². The van der Waals surface area contributed by atoms with E-state index in [9.17, 15) is 5.11 Å². The summed E-state index contributed by atoms with van der Waals surface area (Å²) in [6, 6.07) is 0. The SMILES string of the molecule is CCOC(COCCCO)COCC(O)CO.CCOCC(O)CO.CCOCC(O)CO.CCOCC(O)COCC(O)CO.